The molecule has 3 N–H and O–H groups in total. The van der Waals surface area contributed by atoms with Gasteiger partial charge in [0.1, 0.15) is 5.04 Å². The number of fused-ring (bicyclic) bond motifs is 1. The van der Waals surface area contributed by atoms with Crippen LogP contribution in [-0.2, 0) is 0 Å². The summed E-state index contributed by atoms with van der Waals surface area (Å²) in [5, 5.41) is 15.6. The number of benzene rings is 1. The molecular formula is C19H24ClN3OS. The third-order valence-corrected chi connectivity index (χ3v) is 6.41. The highest BCUT2D eigenvalue weighted by Gasteiger charge is 2.22. The SMILES string of the molecule is OCCC[C@@H]1CSC(c2cc3cc(Cl)cc(NC4CCCC4)c3[nH]2)=N1. The maximum atomic E-state index is 9.00. The fourth-order valence-corrected chi connectivity index (χ4v) is 5.07. The van der Waals surface area contributed by atoms with E-state index < -0.39 is 0 Å². The standard InChI is InChI=1S/C19H24ClN3OS/c20-13-8-12-9-17(19-22-15(11-25-19)6-3-7-24)23-18(12)16(10-13)21-14-4-1-2-5-14/h8-10,14-15,21,23-24H,1-7,11H2/t15-/m1/s1. The van der Waals surface area contributed by atoms with Gasteiger partial charge in [0.2, 0.25) is 0 Å². The van der Waals surface area contributed by atoms with Crippen molar-refractivity contribution in [1.82, 2.24) is 4.98 Å². The quantitative estimate of drug-likeness (QED) is 0.676. The minimum Gasteiger partial charge on any atom is -0.396 e. The lowest BCUT2D eigenvalue weighted by Gasteiger charge is -2.14. The van der Waals surface area contributed by atoms with Crippen LogP contribution in [0, 0.1) is 0 Å². The molecule has 0 unspecified atom stereocenters. The van der Waals surface area contributed by atoms with Gasteiger partial charge in [-0.1, -0.05) is 24.4 Å². The second kappa shape index (κ2) is 7.60. The number of aliphatic imine (C=N–C) groups is 1. The van der Waals surface area contributed by atoms with Crippen LogP contribution in [0.4, 0.5) is 5.69 Å². The van der Waals surface area contributed by atoms with Gasteiger partial charge in [-0.3, -0.25) is 4.99 Å². The molecule has 1 aliphatic heterocycles. The molecule has 0 bridgehead atoms. The monoisotopic (exact) mass is 377 g/mol. The summed E-state index contributed by atoms with van der Waals surface area (Å²) in [6, 6.07) is 7.06. The highest BCUT2D eigenvalue weighted by molar-refractivity contribution is 8.14. The minimum atomic E-state index is 0.243. The number of rotatable bonds is 6. The number of nitrogens with zero attached hydrogens (tertiary/aromatic N) is 1. The van der Waals surface area contributed by atoms with Crippen LogP contribution in [0.1, 0.15) is 44.2 Å². The van der Waals surface area contributed by atoms with E-state index in [0.717, 1.165) is 50.9 Å². The van der Waals surface area contributed by atoms with Crippen molar-refractivity contribution in [3.8, 4) is 0 Å². The van der Waals surface area contributed by atoms with Gasteiger partial charge >= 0.3 is 0 Å². The Morgan fingerprint density at radius 2 is 2.12 bits per heavy atom. The van der Waals surface area contributed by atoms with Gasteiger partial charge in [-0.05, 0) is 43.9 Å². The smallest absolute Gasteiger partial charge is 0.114 e. The van der Waals surface area contributed by atoms with Gasteiger partial charge in [-0.2, -0.15) is 0 Å². The van der Waals surface area contributed by atoms with Crippen LogP contribution in [0.2, 0.25) is 5.02 Å². The summed E-state index contributed by atoms with van der Waals surface area (Å²) in [5.41, 5.74) is 3.29. The first-order valence-electron chi connectivity index (χ1n) is 9.13. The number of anilines is 1. The number of aromatic amines is 1. The van der Waals surface area contributed by atoms with E-state index in [0.29, 0.717) is 12.1 Å². The average Bonchev–Trinajstić information content (AvgIpc) is 3.32. The summed E-state index contributed by atoms with van der Waals surface area (Å²) in [6.07, 6.45) is 6.85. The van der Waals surface area contributed by atoms with Crippen LogP contribution in [0.25, 0.3) is 10.9 Å². The summed E-state index contributed by atoms with van der Waals surface area (Å²) in [6.45, 7) is 0.243. The fourth-order valence-electron chi connectivity index (χ4n) is 3.76. The molecule has 1 saturated carbocycles. The van der Waals surface area contributed by atoms with Crippen LogP contribution in [0.5, 0.6) is 0 Å². The van der Waals surface area contributed by atoms with Crippen LogP contribution in [0.3, 0.4) is 0 Å². The summed E-state index contributed by atoms with van der Waals surface area (Å²) >= 11 is 8.14. The Labute approximate surface area is 157 Å². The first kappa shape index (κ1) is 17.3. The van der Waals surface area contributed by atoms with Crippen LogP contribution in [0.15, 0.2) is 23.2 Å². The fraction of sp³-hybridized carbons (Fsp3) is 0.526. The zero-order valence-electron chi connectivity index (χ0n) is 14.2. The van der Waals surface area contributed by atoms with E-state index in [1.807, 2.05) is 12.1 Å². The van der Waals surface area contributed by atoms with Crippen LogP contribution < -0.4 is 5.32 Å². The summed E-state index contributed by atoms with van der Waals surface area (Å²) < 4.78 is 0. The normalized spacial score (nSPS) is 21.2. The van der Waals surface area contributed by atoms with Crippen molar-refractivity contribution < 1.29 is 5.11 Å². The maximum Gasteiger partial charge on any atom is 0.114 e. The van der Waals surface area contributed by atoms with E-state index in [1.54, 1.807) is 11.8 Å². The van der Waals surface area contributed by atoms with Crippen LogP contribution in [-0.4, -0.2) is 39.6 Å². The van der Waals surface area contributed by atoms with E-state index in [-0.39, 0.29) is 6.61 Å². The summed E-state index contributed by atoms with van der Waals surface area (Å²) in [5.74, 6) is 0.999. The highest BCUT2D eigenvalue weighted by atomic mass is 35.5. The third-order valence-electron chi connectivity index (χ3n) is 5.05. The summed E-state index contributed by atoms with van der Waals surface area (Å²) in [4.78, 5) is 8.39. The molecule has 6 heteroatoms. The number of halogens is 1. The molecule has 4 rings (SSSR count). The molecule has 1 aromatic carbocycles. The molecule has 1 fully saturated rings. The second-order valence-electron chi connectivity index (χ2n) is 6.99. The van der Waals surface area contributed by atoms with Gasteiger partial charge in [0.15, 0.2) is 0 Å². The lowest BCUT2D eigenvalue weighted by atomic mass is 10.2. The van der Waals surface area contributed by atoms with Crippen molar-refractivity contribution in [3.63, 3.8) is 0 Å². The van der Waals surface area contributed by atoms with Crippen molar-refractivity contribution in [2.45, 2.75) is 50.6 Å². The van der Waals surface area contributed by atoms with Crippen molar-refractivity contribution in [3.05, 3.63) is 28.9 Å². The number of hydrogen-bond donors (Lipinski definition) is 3. The number of H-pyrrole nitrogens is 1. The Hall–Kier alpha value is -1.17. The molecule has 134 valence electrons. The Kier molecular flexibility index (Phi) is 5.25. The zero-order valence-corrected chi connectivity index (χ0v) is 15.8. The molecule has 0 radical (unpaired) electrons. The van der Waals surface area contributed by atoms with Crippen LogP contribution >= 0.6 is 23.4 Å². The van der Waals surface area contributed by atoms with E-state index in [9.17, 15) is 0 Å². The van der Waals surface area contributed by atoms with Crippen molar-refractivity contribution >= 4 is 45.0 Å². The largest absolute Gasteiger partial charge is 0.396 e. The molecule has 1 aromatic heterocycles. The Balaban J connectivity index is 1.61. The number of hydrogen-bond acceptors (Lipinski definition) is 4. The molecule has 1 atom stereocenters. The van der Waals surface area contributed by atoms with Crippen molar-refractivity contribution in [1.29, 1.82) is 0 Å². The molecule has 0 amide bonds. The highest BCUT2D eigenvalue weighted by Crippen LogP contribution is 2.33. The van der Waals surface area contributed by atoms with Crippen molar-refractivity contribution in [2.24, 2.45) is 4.99 Å². The predicted molar refractivity (Wildman–Crippen MR) is 108 cm³/mol. The molecule has 0 spiro atoms. The third kappa shape index (κ3) is 3.83. The number of nitrogens with one attached hydrogen (secondary N) is 2. The van der Waals surface area contributed by atoms with Gasteiger partial charge in [-0.25, -0.2) is 0 Å². The minimum absolute atomic E-state index is 0.243. The molecular weight excluding hydrogens is 354 g/mol. The molecule has 0 saturated heterocycles. The number of thioether (sulfide) groups is 1. The molecule has 4 nitrogen and oxygen atoms in total. The predicted octanol–water partition coefficient (Wildman–Crippen LogP) is 4.81. The van der Waals surface area contributed by atoms with E-state index in [4.69, 9.17) is 21.7 Å². The van der Waals surface area contributed by atoms with Gasteiger partial charge in [-0.15, -0.1) is 11.8 Å². The molecule has 2 aliphatic rings. The molecule has 2 heterocycles. The summed E-state index contributed by atoms with van der Waals surface area (Å²) in [7, 11) is 0. The van der Waals surface area contributed by atoms with Gasteiger partial charge in [0.05, 0.1) is 22.9 Å². The zero-order chi connectivity index (χ0) is 17.2. The topological polar surface area (TPSA) is 60.4 Å². The van der Waals surface area contributed by atoms with Gasteiger partial charge in [0.25, 0.3) is 0 Å². The molecule has 2 aromatic rings. The van der Waals surface area contributed by atoms with E-state index >= 15 is 0 Å². The number of aliphatic hydroxyl groups excluding tert-OH is 1. The number of aromatic nitrogens is 1. The first-order valence-corrected chi connectivity index (χ1v) is 10.5. The van der Waals surface area contributed by atoms with Crippen molar-refractivity contribution in [2.75, 3.05) is 17.7 Å². The Bertz CT molecular complexity index is 782. The first-order chi connectivity index (χ1) is 12.2. The molecule has 25 heavy (non-hydrogen) atoms. The van der Waals surface area contributed by atoms with Gasteiger partial charge < -0.3 is 15.4 Å². The number of aliphatic hydroxyl groups is 1. The lowest BCUT2D eigenvalue weighted by molar-refractivity contribution is 0.281. The Morgan fingerprint density at radius 1 is 1.28 bits per heavy atom. The second-order valence-corrected chi connectivity index (χ2v) is 8.44. The van der Waals surface area contributed by atoms with E-state index in [1.165, 1.54) is 25.7 Å². The average molecular weight is 378 g/mol. The van der Waals surface area contributed by atoms with E-state index in [2.05, 4.69) is 16.4 Å². The maximum absolute atomic E-state index is 9.00. The van der Waals surface area contributed by atoms with Gasteiger partial charge in [0, 0.05) is 28.8 Å². The lowest BCUT2D eigenvalue weighted by Crippen LogP contribution is -2.14. The molecule has 1 aliphatic carbocycles. The Morgan fingerprint density at radius 3 is 2.92 bits per heavy atom.